The van der Waals surface area contributed by atoms with Crippen LogP contribution in [0.1, 0.15) is 27.7 Å². The van der Waals surface area contributed by atoms with Crippen LogP contribution in [-0.4, -0.2) is 22.9 Å². The Kier molecular flexibility index (Phi) is 2.91. The van der Waals surface area contributed by atoms with Gasteiger partial charge < -0.3 is 13.9 Å². The molecular formula is C14H18BNO3S. The van der Waals surface area contributed by atoms with Gasteiger partial charge >= 0.3 is 12.0 Å². The van der Waals surface area contributed by atoms with Gasteiger partial charge in [-0.2, -0.15) is 0 Å². The van der Waals surface area contributed by atoms with E-state index in [1.54, 1.807) is 11.6 Å². The molecule has 1 saturated heterocycles. The molecule has 0 aliphatic carbocycles. The quantitative estimate of drug-likeness (QED) is 0.753. The van der Waals surface area contributed by atoms with E-state index in [-0.39, 0.29) is 23.2 Å². The number of hydrogen-bond donors (Lipinski definition) is 0. The summed E-state index contributed by atoms with van der Waals surface area (Å²) in [7, 11) is 1.40. The number of benzene rings is 1. The van der Waals surface area contributed by atoms with Crippen molar-refractivity contribution in [3.05, 3.63) is 27.9 Å². The normalized spacial score (nSPS) is 20.8. The molecule has 1 fully saturated rings. The molecular weight excluding hydrogens is 273 g/mol. The van der Waals surface area contributed by atoms with E-state index in [1.807, 2.05) is 45.9 Å². The van der Waals surface area contributed by atoms with E-state index < -0.39 is 0 Å². The number of fused-ring (bicyclic) bond motifs is 1. The van der Waals surface area contributed by atoms with E-state index >= 15 is 0 Å². The monoisotopic (exact) mass is 291 g/mol. The van der Waals surface area contributed by atoms with Gasteiger partial charge in [0.25, 0.3) is 0 Å². The second kappa shape index (κ2) is 4.19. The van der Waals surface area contributed by atoms with Crippen molar-refractivity contribution in [3.8, 4) is 0 Å². The molecule has 6 heteroatoms. The van der Waals surface area contributed by atoms with Crippen LogP contribution in [-0.2, 0) is 16.4 Å². The van der Waals surface area contributed by atoms with E-state index in [9.17, 15) is 4.79 Å². The van der Waals surface area contributed by atoms with Crippen molar-refractivity contribution in [3.63, 3.8) is 0 Å². The third-order valence-electron chi connectivity index (χ3n) is 4.34. The molecule has 0 amide bonds. The second-order valence-corrected chi connectivity index (χ2v) is 7.24. The van der Waals surface area contributed by atoms with Gasteiger partial charge in [-0.1, -0.05) is 17.4 Å². The molecule has 0 atom stereocenters. The summed E-state index contributed by atoms with van der Waals surface area (Å²) in [6, 6.07) is 5.91. The van der Waals surface area contributed by atoms with Gasteiger partial charge in [0.2, 0.25) is 0 Å². The maximum Gasteiger partial charge on any atom is 0.494 e. The van der Waals surface area contributed by atoms with Gasteiger partial charge in [0.15, 0.2) is 0 Å². The molecule has 1 aliphatic rings. The van der Waals surface area contributed by atoms with Gasteiger partial charge in [-0.3, -0.25) is 4.79 Å². The Balaban J connectivity index is 2.02. The van der Waals surface area contributed by atoms with Gasteiger partial charge in [-0.25, -0.2) is 0 Å². The van der Waals surface area contributed by atoms with Gasteiger partial charge in [0.05, 0.1) is 21.4 Å². The molecule has 3 rings (SSSR count). The van der Waals surface area contributed by atoms with Crippen molar-refractivity contribution < 1.29 is 9.31 Å². The summed E-state index contributed by atoms with van der Waals surface area (Å²) >= 11 is 1.25. The Morgan fingerprint density at radius 1 is 1.15 bits per heavy atom. The van der Waals surface area contributed by atoms with Crippen molar-refractivity contribution in [2.24, 2.45) is 7.05 Å². The lowest BCUT2D eigenvalue weighted by molar-refractivity contribution is 0.00578. The smallest absolute Gasteiger partial charge is 0.399 e. The molecule has 0 unspecified atom stereocenters. The van der Waals surface area contributed by atoms with Crippen LogP contribution in [0.2, 0.25) is 0 Å². The predicted molar refractivity (Wildman–Crippen MR) is 82.8 cm³/mol. The average Bonchev–Trinajstić information content (AvgIpc) is 2.74. The summed E-state index contributed by atoms with van der Waals surface area (Å²) in [5, 5.41) is 0. The van der Waals surface area contributed by atoms with Crippen LogP contribution < -0.4 is 10.3 Å². The minimum Gasteiger partial charge on any atom is -0.399 e. The molecule has 0 spiro atoms. The van der Waals surface area contributed by atoms with Crippen molar-refractivity contribution in [2.75, 3.05) is 0 Å². The lowest BCUT2D eigenvalue weighted by Crippen LogP contribution is -2.41. The summed E-state index contributed by atoms with van der Waals surface area (Å²) < 4.78 is 14.7. The zero-order valence-electron chi connectivity index (χ0n) is 12.4. The fourth-order valence-electron chi connectivity index (χ4n) is 2.28. The average molecular weight is 291 g/mol. The van der Waals surface area contributed by atoms with E-state index in [0.29, 0.717) is 0 Å². The van der Waals surface area contributed by atoms with E-state index in [0.717, 1.165) is 15.7 Å². The van der Waals surface area contributed by atoms with Crippen LogP contribution in [0.25, 0.3) is 10.2 Å². The Hall–Kier alpha value is -1.11. The molecule has 106 valence electrons. The van der Waals surface area contributed by atoms with Crippen LogP contribution in [0.3, 0.4) is 0 Å². The second-order valence-electron chi connectivity index (χ2n) is 6.24. The fraction of sp³-hybridized carbons (Fsp3) is 0.500. The maximum atomic E-state index is 11.7. The zero-order valence-corrected chi connectivity index (χ0v) is 13.2. The van der Waals surface area contributed by atoms with Crippen molar-refractivity contribution in [2.45, 2.75) is 38.9 Å². The summed E-state index contributed by atoms with van der Waals surface area (Å²) in [4.78, 5) is 11.7. The molecule has 4 nitrogen and oxygen atoms in total. The summed E-state index contributed by atoms with van der Waals surface area (Å²) in [5.41, 5.74) is 1.20. The molecule has 0 radical (unpaired) electrons. The number of aromatic nitrogens is 1. The zero-order chi connectivity index (χ0) is 14.7. The number of thiazole rings is 1. The van der Waals surface area contributed by atoms with Gasteiger partial charge in [-0.15, -0.1) is 0 Å². The van der Waals surface area contributed by atoms with Gasteiger partial charge in [-0.05, 0) is 45.3 Å². The maximum absolute atomic E-state index is 11.7. The molecule has 0 saturated carbocycles. The first-order valence-corrected chi connectivity index (χ1v) is 7.48. The number of nitrogens with zero attached hydrogens (tertiary/aromatic N) is 1. The highest BCUT2D eigenvalue weighted by molar-refractivity contribution is 7.16. The molecule has 1 aromatic heterocycles. The minimum atomic E-state index is -0.382. The molecule has 1 aliphatic heterocycles. The van der Waals surface area contributed by atoms with Crippen LogP contribution in [0.5, 0.6) is 0 Å². The van der Waals surface area contributed by atoms with E-state index in [1.165, 1.54) is 11.3 Å². The van der Waals surface area contributed by atoms with Crippen molar-refractivity contribution >= 4 is 34.1 Å². The van der Waals surface area contributed by atoms with E-state index in [2.05, 4.69) is 0 Å². The molecule has 0 N–H and O–H groups in total. The third-order valence-corrected chi connectivity index (χ3v) is 5.34. The first kappa shape index (κ1) is 13.9. The predicted octanol–water partition coefficient (Wildman–Crippen LogP) is 1.90. The molecule has 2 heterocycles. The van der Waals surface area contributed by atoms with Crippen molar-refractivity contribution in [1.82, 2.24) is 4.57 Å². The number of rotatable bonds is 1. The molecule has 1 aromatic carbocycles. The highest BCUT2D eigenvalue weighted by Crippen LogP contribution is 2.36. The lowest BCUT2D eigenvalue weighted by Gasteiger charge is -2.32. The highest BCUT2D eigenvalue weighted by atomic mass is 32.1. The first-order valence-electron chi connectivity index (χ1n) is 6.66. The Morgan fingerprint density at radius 3 is 2.35 bits per heavy atom. The van der Waals surface area contributed by atoms with Crippen LogP contribution in [0.15, 0.2) is 23.0 Å². The number of aryl methyl sites for hydroxylation is 1. The minimum absolute atomic E-state index is 0.0473. The topological polar surface area (TPSA) is 40.5 Å². The van der Waals surface area contributed by atoms with Gasteiger partial charge in [0, 0.05) is 7.05 Å². The summed E-state index contributed by atoms with van der Waals surface area (Å²) in [5.74, 6) is 0. The van der Waals surface area contributed by atoms with Crippen LogP contribution in [0.4, 0.5) is 0 Å². The van der Waals surface area contributed by atoms with Crippen LogP contribution >= 0.6 is 11.3 Å². The Labute approximate surface area is 122 Å². The summed E-state index contributed by atoms with van der Waals surface area (Å²) in [6.45, 7) is 8.14. The standard InChI is InChI=1S/C14H18BNO3S/c1-13(2)14(3,4)19-15(18-13)9-6-7-10-11(8-9)20-12(17)16(10)5/h6-8H,1-5H3. The largest absolute Gasteiger partial charge is 0.494 e. The van der Waals surface area contributed by atoms with Crippen molar-refractivity contribution in [1.29, 1.82) is 0 Å². The van der Waals surface area contributed by atoms with Crippen LogP contribution in [0, 0.1) is 0 Å². The highest BCUT2D eigenvalue weighted by Gasteiger charge is 2.51. The first-order chi connectivity index (χ1) is 9.21. The SMILES string of the molecule is Cn1c(=O)sc2cc(B3OC(C)(C)C(C)(C)O3)ccc21. The van der Waals surface area contributed by atoms with E-state index in [4.69, 9.17) is 9.31 Å². The molecule has 2 aromatic rings. The third kappa shape index (κ3) is 1.94. The Morgan fingerprint density at radius 2 is 1.75 bits per heavy atom. The fourth-order valence-corrected chi connectivity index (χ4v) is 3.20. The molecule has 0 bridgehead atoms. The summed E-state index contributed by atoms with van der Waals surface area (Å²) in [6.07, 6.45) is 0. The lowest BCUT2D eigenvalue weighted by atomic mass is 9.79. The molecule has 20 heavy (non-hydrogen) atoms. The van der Waals surface area contributed by atoms with Gasteiger partial charge in [0.1, 0.15) is 0 Å². The number of hydrogen-bond acceptors (Lipinski definition) is 4. The Bertz CT molecular complexity index is 716.